The number of hydrogen-bond acceptors (Lipinski definition) is 4. The summed E-state index contributed by atoms with van der Waals surface area (Å²) in [6.07, 6.45) is 11.2. The monoisotopic (exact) mass is 416 g/mol. The van der Waals surface area contributed by atoms with Crippen LogP contribution in [-0.2, 0) is 0 Å². The third-order valence-electron chi connectivity index (χ3n) is 8.33. The molecule has 0 saturated heterocycles. The van der Waals surface area contributed by atoms with Gasteiger partial charge in [-0.3, -0.25) is 5.43 Å². The average molecular weight is 417 g/mol. The number of nitrogens with one attached hydrogen (secondary N) is 2. The Bertz CT molecular complexity index is 820. The van der Waals surface area contributed by atoms with E-state index in [1.54, 1.807) is 0 Å². The molecule has 158 valence electrons. The van der Waals surface area contributed by atoms with Gasteiger partial charge in [0.05, 0.1) is 5.71 Å². The van der Waals surface area contributed by atoms with Crippen molar-refractivity contribution in [2.45, 2.75) is 65.2 Å². The van der Waals surface area contributed by atoms with Crippen LogP contribution in [0.2, 0.25) is 0 Å². The Morgan fingerprint density at radius 2 is 1.79 bits per heavy atom. The second kappa shape index (κ2) is 7.38. The number of hydrazone groups is 2. The predicted octanol–water partition coefficient (Wildman–Crippen LogP) is 3.16. The number of nitrogens with two attached hydrogens (primary N) is 2. The minimum Gasteiger partial charge on any atom is -0.375 e. The van der Waals surface area contributed by atoms with Crippen LogP contribution in [0, 0.1) is 28.6 Å². The van der Waals surface area contributed by atoms with E-state index < -0.39 is 6.03 Å². The van der Waals surface area contributed by atoms with Crippen LogP contribution in [-0.4, -0.2) is 22.6 Å². The number of allylic oxidation sites excluding steroid dienone is 2. The molecule has 0 heterocycles. The summed E-state index contributed by atoms with van der Waals surface area (Å²) in [5, 5.41) is 9.02. The smallest absolute Gasteiger partial charge is 0.332 e. The van der Waals surface area contributed by atoms with Gasteiger partial charge in [-0.15, -0.1) is 0 Å². The average Bonchev–Trinajstić information content (AvgIpc) is 3.01. The van der Waals surface area contributed by atoms with E-state index in [0.29, 0.717) is 11.8 Å². The molecule has 0 aromatic carbocycles. The predicted molar refractivity (Wildman–Crippen MR) is 119 cm³/mol. The molecule has 0 spiro atoms. The Hall–Kier alpha value is -1.96. The molecule has 8 heteroatoms. The number of primary amides is 1. The minimum absolute atomic E-state index is 0.156. The standard InChI is InChI=1S/C21H32N6OS/c1-20-9-7-13(24-26-18(22)28)11-12(20)3-4-14-15-5-6-17(25-27-19(23)29)21(15,2)10-8-16(14)20/h11,14-16H,3-10H2,1-2H3,(H3,22,26,28)(H3,23,27,29)/b24-13+,25-17+/t14-,15+,16+,20-,21-/m0/s1. The van der Waals surface area contributed by atoms with Crippen LogP contribution in [0.5, 0.6) is 0 Å². The molecule has 6 N–H and O–H groups in total. The van der Waals surface area contributed by atoms with E-state index in [2.05, 4.69) is 41.0 Å². The number of rotatable bonds is 2. The molecular weight excluding hydrogens is 384 g/mol. The number of carbonyl (C=O) groups excluding carboxylic acids is 1. The molecule has 0 aromatic rings. The summed E-state index contributed by atoms with van der Waals surface area (Å²) in [5.74, 6) is 2.11. The molecule has 0 unspecified atom stereocenters. The lowest BCUT2D eigenvalue weighted by Crippen LogP contribution is -2.50. The Balaban J connectivity index is 1.57. The van der Waals surface area contributed by atoms with Crippen molar-refractivity contribution >= 4 is 34.8 Å². The highest BCUT2D eigenvalue weighted by atomic mass is 32.1. The van der Waals surface area contributed by atoms with Crippen molar-refractivity contribution in [1.29, 1.82) is 0 Å². The molecule has 0 bridgehead atoms. The van der Waals surface area contributed by atoms with Crippen LogP contribution in [0.1, 0.15) is 65.2 Å². The van der Waals surface area contributed by atoms with Gasteiger partial charge in [0.1, 0.15) is 0 Å². The number of hydrogen-bond donors (Lipinski definition) is 4. The van der Waals surface area contributed by atoms with E-state index in [-0.39, 0.29) is 15.9 Å². The lowest BCUT2D eigenvalue weighted by atomic mass is 9.47. The van der Waals surface area contributed by atoms with E-state index >= 15 is 0 Å². The summed E-state index contributed by atoms with van der Waals surface area (Å²) < 4.78 is 0. The van der Waals surface area contributed by atoms with Gasteiger partial charge in [0.2, 0.25) is 0 Å². The Kier molecular flexibility index (Phi) is 5.17. The van der Waals surface area contributed by atoms with E-state index in [1.807, 2.05) is 0 Å². The summed E-state index contributed by atoms with van der Waals surface area (Å²) in [5.41, 5.74) is 20.0. The molecule has 29 heavy (non-hydrogen) atoms. The minimum atomic E-state index is -0.608. The quantitative estimate of drug-likeness (QED) is 0.408. The van der Waals surface area contributed by atoms with E-state index in [9.17, 15) is 4.79 Å². The lowest BCUT2D eigenvalue weighted by molar-refractivity contribution is -0.0155. The Morgan fingerprint density at radius 3 is 2.52 bits per heavy atom. The number of fused-ring (bicyclic) bond motifs is 5. The zero-order chi connectivity index (χ0) is 20.8. The van der Waals surface area contributed by atoms with Crippen LogP contribution in [0.3, 0.4) is 0 Å². The fourth-order valence-electron chi connectivity index (χ4n) is 6.88. The summed E-state index contributed by atoms with van der Waals surface area (Å²) in [7, 11) is 0. The molecule has 3 fully saturated rings. The maximum atomic E-state index is 11.0. The number of thiocarbonyl (C=S) groups is 1. The summed E-state index contributed by atoms with van der Waals surface area (Å²) in [6.45, 7) is 4.85. The molecule has 3 saturated carbocycles. The number of amides is 2. The van der Waals surface area contributed by atoms with Gasteiger partial charge in [-0.05, 0) is 92.8 Å². The summed E-state index contributed by atoms with van der Waals surface area (Å²) in [4.78, 5) is 11.0. The molecule has 4 aliphatic rings. The lowest BCUT2D eigenvalue weighted by Gasteiger charge is -2.57. The molecule has 2 amide bonds. The highest BCUT2D eigenvalue weighted by Crippen LogP contribution is 2.64. The molecule has 0 aromatic heterocycles. The zero-order valence-corrected chi connectivity index (χ0v) is 18.1. The van der Waals surface area contributed by atoms with Crippen LogP contribution in [0.4, 0.5) is 4.79 Å². The summed E-state index contributed by atoms with van der Waals surface area (Å²) in [6, 6.07) is -0.608. The van der Waals surface area contributed by atoms with Gasteiger partial charge in [-0.1, -0.05) is 19.4 Å². The van der Waals surface area contributed by atoms with Crippen molar-refractivity contribution in [3.05, 3.63) is 11.6 Å². The highest BCUT2D eigenvalue weighted by Gasteiger charge is 2.58. The van der Waals surface area contributed by atoms with Crippen LogP contribution in [0.25, 0.3) is 0 Å². The largest absolute Gasteiger partial charge is 0.375 e. The van der Waals surface area contributed by atoms with Crippen molar-refractivity contribution in [3.63, 3.8) is 0 Å². The maximum absolute atomic E-state index is 11.0. The van der Waals surface area contributed by atoms with Crippen LogP contribution >= 0.6 is 12.2 Å². The molecule has 7 nitrogen and oxygen atoms in total. The third-order valence-corrected chi connectivity index (χ3v) is 8.42. The van der Waals surface area contributed by atoms with Crippen molar-refractivity contribution in [3.8, 4) is 0 Å². The van der Waals surface area contributed by atoms with Crippen LogP contribution < -0.4 is 22.3 Å². The molecule has 0 aliphatic heterocycles. The van der Waals surface area contributed by atoms with Gasteiger partial charge >= 0.3 is 6.03 Å². The normalized spacial score (nSPS) is 41.2. The fourth-order valence-corrected chi connectivity index (χ4v) is 6.93. The van der Waals surface area contributed by atoms with Gasteiger partial charge in [0, 0.05) is 11.1 Å². The Morgan fingerprint density at radius 1 is 1.03 bits per heavy atom. The van der Waals surface area contributed by atoms with E-state index in [1.165, 1.54) is 37.0 Å². The topological polar surface area (TPSA) is 118 Å². The van der Waals surface area contributed by atoms with Crippen molar-refractivity contribution in [2.75, 3.05) is 0 Å². The number of nitrogens with zero attached hydrogens (tertiary/aromatic N) is 2. The second-order valence-electron chi connectivity index (χ2n) is 9.61. The van der Waals surface area contributed by atoms with E-state index in [0.717, 1.165) is 37.3 Å². The second-order valence-corrected chi connectivity index (χ2v) is 10.1. The number of urea groups is 1. The third kappa shape index (κ3) is 3.45. The van der Waals surface area contributed by atoms with Gasteiger partial charge in [0.15, 0.2) is 5.11 Å². The first-order valence-corrected chi connectivity index (χ1v) is 11.1. The van der Waals surface area contributed by atoms with Gasteiger partial charge in [0.25, 0.3) is 0 Å². The highest BCUT2D eigenvalue weighted by molar-refractivity contribution is 7.80. The zero-order valence-electron chi connectivity index (χ0n) is 17.3. The molecule has 4 aliphatic carbocycles. The molecule has 0 radical (unpaired) electrons. The van der Waals surface area contributed by atoms with E-state index in [4.69, 9.17) is 23.7 Å². The van der Waals surface area contributed by atoms with Crippen molar-refractivity contribution in [1.82, 2.24) is 10.9 Å². The first kappa shape index (κ1) is 20.3. The van der Waals surface area contributed by atoms with Gasteiger partial charge < -0.3 is 11.5 Å². The van der Waals surface area contributed by atoms with Crippen molar-refractivity contribution in [2.24, 2.45) is 50.3 Å². The molecule has 5 atom stereocenters. The fraction of sp³-hybridized carbons (Fsp3) is 0.714. The van der Waals surface area contributed by atoms with Crippen LogP contribution in [0.15, 0.2) is 21.9 Å². The molecule has 4 rings (SSSR count). The summed E-state index contributed by atoms with van der Waals surface area (Å²) >= 11 is 4.94. The van der Waals surface area contributed by atoms with Gasteiger partial charge in [-0.25, -0.2) is 10.2 Å². The maximum Gasteiger partial charge on any atom is 0.332 e. The Labute approximate surface area is 177 Å². The van der Waals surface area contributed by atoms with Crippen molar-refractivity contribution < 1.29 is 4.79 Å². The first-order chi connectivity index (χ1) is 13.7. The SMILES string of the molecule is C[C@]12CC/C(=N\NC(N)=O)C=C1CC[C@@H]1[C@H]2CC[C@]2(C)/C(=N/NC(N)=S)CC[C@H]12. The first-order valence-electron chi connectivity index (χ1n) is 10.7. The number of carbonyl (C=O) groups is 1. The van der Waals surface area contributed by atoms with Gasteiger partial charge in [-0.2, -0.15) is 10.2 Å². The molecular formula is C21H32N6OS.